The molecule has 2 aromatic rings. The molecule has 2 amide bonds. The maximum Gasteiger partial charge on any atom is 0.335 e. The number of carbonyl (C=O) groups excluding carboxylic acids is 2. The summed E-state index contributed by atoms with van der Waals surface area (Å²) in [5.41, 5.74) is 2.41. The number of thioether (sulfide) groups is 1. The Balaban J connectivity index is 1.81. The molecule has 0 radical (unpaired) electrons. The summed E-state index contributed by atoms with van der Waals surface area (Å²) in [6.45, 7) is 2.21. The molecular weight excluding hydrogens is 390 g/mol. The van der Waals surface area contributed by atoms with Crippen molar-refractivity contribution in [3.63, 3.8) is 0 Å². The highest BCUT2D eigenvalue weighted by Crippen LogP contribution is 2.44. The van der Waals surface area contributed by atoms with Gasteiger partial charge in [-0.15, -0.1) is 0 Å². The summed E-state index contributed by atoms with van der Waals surface area (Å²) in [5, 5.41) is 9.59. The maximum atomic E-state index is 13.1. The van der Waals surface area contributed by atoms with Gasteiger partial charge in [0.1, 0.15) is 0 Å². The standard InChI is InChI=1S/C21H17N3O4S/c1-3-24-19(26)17(16-14-9-4-5-10-15(14)23(2)18(16)25)29-21(24)22-13-8-6-7-12(11-13)20(27)28/h4-11H,3H2,1-2H3,(H,27,28)/b17-16-,22-21?. The number of rotatable bonds is 3. The van der Waals surface area contributed by atoms with E-state index >= 15 is 0 Å². The number of amides is 2. The summed E-state index contributed by atoms with van der Waals surface area (Å²) in [6, 6.07) is 13.6. The largest absolute Gasteiger partial charge is 0.478 e. The van der Waals surface area contributed by atoms with Gasteiger partial charge >= 0.3 is 5.97 Å². The molecule has 0 bridgehead atoms. The Labute approximate surface area is 171 Å². The Bertz CT molecular complexity index is 1120. The summed E-state index contributed by atoms with van der Waals surface area (Å²) in [4.78, 5) is 45.0. The number of carboxylic acids is 1. The average Bonchev–Trinajstić information content (AvgIpc) is 3.15. The molecule has 2 aliphatic heterocycles. The molecule has 0 atom stereocenters. The fourth-order valence-corrected chi connectivity index (χ4v) is 4.48. The zero-order chi connectivity index (χ0) is 20.7. The van der Waals surface area contributed by atoms with Gasteiger partial charge in [0.15, 0.2) is 5.17 Å². The van der Waals surface area contributed by atoms with Gasteiger partial charge in [0.2, 0.25) is 0 Å². The molecule has 0 unspecified atom stereocenters. The molecule has 0 aliphatic carbocycles. The number of carboxylic acid groups (broad SMARTS) is 1. The zero-order valence-electron chi connectivity index (χ0n) is 15.7. The molecule has 1 fully saturated rings. The maximum absolute atomic E-state index is 13.1. The number of nitrogens with zero attached hydrogens (tertiary/aromatic N) is 3. The number of para-hydroxylation sites is 1. The second kappa shape index (κ2) is 7.21. The summed E-state index contributed by atoms with van der Waals surface area (Å²) in [5.74, 6) is -1.56. The van der Waals surface area contributed by atoms with Gasteiger partial charge < -0.3 is 10.0 Å². The van der Waals surface area contributed by atoms with Crippen LogP contribution in [-0.4, -0.2) is 46.6 Å². The fourth-order valence-electron chi connectivity index (χ4n) is 3.33. The Morgan fingerprint density at radius 2 is 1.86 bits per heavy atom. The van der Waals surface area contributed by atoms with Gasteiger partial charge in [0, 0.05) is 19.2 Å². The van der Waals surface area contributed by atoms with Crippen LogP contribution in [0.4, 0.5) is 11.4 Å². The van der Waals surface area contributed by atoms with Gasteiger partial charge in [-0.25, -0.2) is 9.79 Å². The molecular formula is C21H17N3O4S. The van der Waals surface area contributed by atoms with Crippen molar-refractivity contribution in [2.45, 2.75) is 6.92 Å². The Hall–Kier alpha value is -3.39. The lowest BCUT2D eigenvalue weighted by Gasteiger charge is -2.12. The second-order valence-electron chi connectivity index (χ2n) is 6.49. The summed E-state index contributed by atoms with van der Waals surface area (Å²) < 4.78 is 0. The molecule has 29 heavy (non-hydrogen) atoms. The SMILES string of the molecule is CCN1C(=O)/C(=C2/C(=O)N(C)c3ccccc32)SC1=Nc1cccc(C(=O)O)c1. The minimum Gasteiger partial charge on any atom is -0.478 e. The van der Waals surface area contributed by atoms with E-state index in [1.165, 1.54) is 21.9 Å². The first-order chi connectivity index (χ1) is 13.9. The normalized spacial score (nSPS) is 20.0. The van der Waals surface area contributed by atoms with Crippen LogP contribution >= 0.6 is 11.8 Å². The van der Waals surface area contributed by atoms with E-state index in [4.69, 9.17) is 0 Å². The van der Waals surface area contributed by atoms with Crippen molar-refractivity contribution in [1.82, 2.24) is 4.90 Å². The highest BCUT2D eigenvalue weighted by molar-refractivity contribution is 8.18. The third kappa shape index (κ3) is 3.11. The number of carbonyl (C=O) groups is 3. The lowest BCUT2D eigenvalue weighted by atomic mass is 10.1. The topological polar surface area (TPSA) is 90.3 Å². The summed E-state index contributed by atoms with van der Waals surface area (Å²) in [7, 11) is 1.68. The van der Waals surface area contributed by atoms with Crippen LogP contribution in [0.1, 0.15) is 22.8 Å². The predicted molar refractivity (Wildman–Crippen MR) is 112 cm³/mol. The van der Waals surface area contributed by atoms with Crippen molar-refractivity contribution in [2.24, 2.45) is 4.99 Å². The van der Waals surface area contributed by atoms with E-state index in [0.29, 0.717) is 27.9 Å². The molecule has 146 valence electrons. The van der Waals surface area contributed by atoms with Gasteiger partial charge in [0.05, 0.1) is 27.4 Å². The molecule has 2 aromatic carbocycles. The van der Waals surface area contributed by atoms with Crippen molar-refractivity contribution in [2.75, 3.05) is 18.5 Å². The highest BCUT2D eigenvalue weighted by atomic mass is 32.2. The van der Waals surface area contributed by atoms with Crippen LogP contribution in [0.2, 0.25) is 0 Å². The first-order valence-electron chi connectivity index (χ1n) is 8.96. The molecule has 2 aliphatic rings. The van der Waals surface area contributed by atoms with Gasteiger partial charge in [-0.05, 0) is 43.0 Å². The smallest absolute Gasteiger partial charge is 0.335 e. The number of fused-ring (bicyclic) bond motifs is 1. The third-order valence-electron chi connectivity index (χ3n) is 4.78. The monoisotopic (exact) mass is 407 g/mol. The van der Waals surface area contributed by atoms with E-state index in [0.717, 1.165) is 23.0 Å². The Morgan fingerprint density at radius 1 is 1.10 bits per heavy atom. The van der Waals surface area contributed by atoms with E-state index in [-0.39, 0.29) is 17.4 Å². The molecule has 1 N–H and O–H groups in total. The van der Waals surface area contributed by atoms with Crippen LogP contribution in [0.5, 0.6) is 0 Å². The zero-order valence-corrected chi connectivity index (χ0v) is 16.6. The lowest BCUT2D eigenvalue weighted by molar-refractivity contribution is -0.122. The van der Waals surface area contributed by atoms with Gasteiger partial charge in [-0.1, -0.05) is 24.3 Å². The number of aliphatic imine (C=N–C) groups is 1. The van der Waals surface area contributed by atoms with E-state index in [2.05, 4.69) is 4.99 Å². The molecule has 0 saturated carbocycles. The minimum atomic E-state index is -1.05. The number of benzene rings is 2. The first-order valence-corrected chi connectivity index (χ1v) is 9.77. The number of amidine groups is 1. The molecule has 2 heterocycles. The van der Waals surface area contributed by atoms with Crippen LogP contribution in [0, 0.1) is 0 Å². The Morgan fingerprint density at radius 3 is 2.59 bits per heavy atom. The molecule has 8 heteroatoms. The van der Waals surface area contributed by atoms with Crippen LogP contribution in [0.3, 0.4) is 0 Å². The van der Waals surface area contributed by atoms with E-state index in [9.17, 15) is 19.5 Å². The van der Waals surface area contributed by atoms with Crippen LogP contribution in [0.15, 0.2) is 58.4 Å². The molecule has 0 spiro atoms. The van der Waals surface area contributed by atoms with Crippen LogP contribution in [-0.2, 0) is 9.59 Å². The first kappa shape index (κ1) is 18.9. The average molecular weight is 407 g/mol. The molecule has 4 rings (SSSR count). The molecule has 7 nitrogen and oxygen atoms in total. The van der Waals surface area contributed by atoms with Crippen LogP contribution in [0.25, 0.3) is 5.57 Å². The van der Waals surface area contributed by atoms with E-state index < -0.39 is 5.97 Å². The quantitative estimate of drug-likeness (QED) is 0.788. The fraction of sp³-hybridized carbons (Fsp3) is 0.143. The number of likely N-dealkylation sites (N-methyl/N-ethyl adjacent to an activating group) is 2. The lowest BCUT2D eigenvalue weighted by Crippen LogP contribution is -2.29. The minimum absolute atomic E-state index is 0.115. The Kier molecular flexibility index (Phi) is 4.71. The van der Waals surface area contributed by atoms with Gasteiger partial charge in [-0.2, -0.15) is 0 Å². The highest BCUT2D eigenvalue weighted by Gasteiger charge is 2.41. The molecule has 1 saturated heterocycles. The number of anilines is 1. The molecule has 0 aromatic heterocycles. The number of hydrogen-bond acceptors (Lipinski definition) is 5. The summed E-state index contributed by atoms with van der Waals surface area (Å²) in [6.07, 6.45) is 0. The third-order valence-corrected chi connectivity index (χ3v) is 5.86. The van der Waals surface area contributed by atoms with Gasteiger partial charge in [0.25, 0.3) is 11.8 Å². The van der Waals surface area contributed by atoms with Crippen molar-refractivity contribution in [3.05, 3.63) is 64.6 Å². The van der Waals surface area contributed by atoms with Crippen molar-refractivity contribution >= 4 is 51.7 Å². The van der Waals surface area contributed by atoms with E-state index in [1.54, 1.807) is 19.2 Å². The second-order valence-corrected chi connectivity index (χ2v) is 7.46. The van der Waals surface area contributed by atoms with Crippen molar-refractivity contribution in [1.29, 1.82) is 0 Å². The number of aromatic carboxylic acids is 1. The van der Waals surface area contributed by atoms with Crippen molar-refractivity contribution in [3.8, 4) is 0 Å². The van der Waals surface area contributed by atoms with E-state index in [1.807, 2.05) is 31.2 Å². The van der Waals surface area contributed by atoms with Crippen LogP contribution < -0.4 is 4.90 Å². The summed E-state index contributed by atoms with van der Waals surface area (Å²) >= 11 is 1.14. The van der Waals surface area contributed by atoms with Gasteiger partial charge in [-0.3, -0.25) is 14.5 Å². The number of hydrogen-bond donors (Lipinski definition) is 1. The predicted octanol–water partition coefficient (Wildman–Crippen LogP) is 3.36. The van der Waals surface area contributed by atoms with Crippen molar-refractivity contribution < 1.29 is 19.5 Å².